The van der Waals surface area contributed by atoms with Gasteiger partial charge in [-0.3, -0.25) is 0 Å². The first-order chi connectivity index (χ1) is 9.01. The molecule has 1 aromatic carbocycles. The molecule has 2 aromatic rings. The largest absolute Gasteiger partial charge is 0.379 e. The number of alkyl halides is 1. The number of nitrogens with zero attached hydrogens (tertiary/aromatic N) is 2. The summed E-state index contributed by atoms with van der Waals surface area (Å²) in [5.74, 6) is 0.940. The number of imidazole rings is 1. The number of rotatable bonds is 2. The van der Waals surface area contributed by atoms with Gasteiger partial charge in [0.05, 0.1) is 28.6 Å². The Morgan fingerprint density at radius 3 is 2.89 bits per heavy atom. The summed E-state index contributed by atoms with van der Waals surface area (Å²) in [5, 5.41) is -0.106. The number of hydrogen-bond donors (Lipinski definition) is 0. The van der Waals surface area contributed by atoms with E-state index in [9.17, 15) is 0 Å². The second-order valence-corrected chi connectivity index (χ2v) is 6.37. The summed E-state index contributed by atoms with van der Waals surface area (Å²) >= 11 is 6.34. The lowest BCUT2D eigenvalue weighted by Gasteiger charge is -2.28. The van der Waals surface area contributed by atoms with Gasteiger partial charge >= 0.3 is 0 Å². The molecular formula is C15H19ClN2O. The van der Waals surface area contributed by atoms with Gasteiger partial charge in [0.1, 0.15) is 5.82 Å². The van der Waals surface area contributed by atoms with Crippen molar-refractivity contribution in [3.8, 4) is 0 Å². The summed E-state index contributed by atoms with van der Waals surface area (Å²) < 4.78 is 7.88. The second-order valence-electron chi connectivity index (χ2n) is 5.71. The van der Waals surface area contributed by atoms with Crippen LogP contribution in [0.3, 0.4) is 0 Å². The van der Waals surface area contributed by atoms with E-state index in [1.807, 2.05) is 6.92 Å². The molecule has 0 spiro atoms. The Hall–Kier alpha value is -1.06. The Balaban J connectivity index is 2.28. The molecule has 0 aliphatic carbocycles. The van der Waals surface area contributed by atoms with Gasteiger partial charge in [0.2, 0.25) is 0 Å². The van der Waals surface area contributed by atoms with Crippen LogP contribution in [0, 0.1) is 6.92 Å². The number of ether oxygens (including phenoxy) is 1. The molecule has 1 aliphatic rings. The van der Waals surface area contributed by atoms with Crippen LogP contribution in [0.1, 0.15) is 37.0 Å². The summed E-state index contributed by atoms with van der Waals surface area (Å²) in [6, 6.07) is 6.39. The monoisotopic (exact) mass is 278 g/mol. The molecule has 2 atom stereocenters. The van der Waals surface area contributed by atoms with Crippen LogP contribution < -0.4 is 0 Å². The van der Waals surface area contributed by atoms with Crippen LogP contribution in [-0.4, -0.2) is 22.8 Å². The molecule has 1 saturated heterocycles. The lowest BCUT2D eigenvalue weighted by molar-refractivity contribution is 0.162. The van der Waals surface area contributed by atoms with Crippen LogP contribution in [-0.2, 0) is 10.3 Å². The zero-order chi connectivity index (χ0) is 13.6. The van der Waals surface area contributed by atoms with Crippen LogP contribution in [0.5, 0.6) is 0 Å². The number of fused-ring (bicyclic) bond motifs is 1. The fourth-order valence-electron chi connectivity index (χ4n) is 2.88. The molecule has 3 nitrogen and oxygen atoms in total. The van der Waals surface area contributed by atoms with Crippen molar-refractivity contribution in [1.82, 2.24) is 9.55 Å². The topological polar surface area (TPSA) is 27.1 Å². The molecule has 0 N–H and O–H groups in total. The van der Waals surface area contributed by atoms with Crippen LogP contribution >= 0.6 is 11.6 Å². The maximum Gasteiger partial charge on any atom is 0.128 e. The van der Waals surface area contributed by atoms with Gasteiger partial charge in [0.15, 0.2) is 0 Å². The maximum atomic E-state index is 6.34. The molecule has 0 radical (unpaired) electrons. The van der Waals surface area contributed by atoms with Crippen LogP contribution in [0.2, 0.25) is 0 Å². The van der Waals surface area contributed by atoms with Crippen molar-refractivity contribution in [2.24, 2.45) is 0 Å². The zero-order valence-electron chi connectivity index (χ0n) is 11.6. The SMILES string of the molecule is Cc1ccc2c(c1)nc(C(C)Cl)n2C1(C)CCOC1. The van der Waals surface area contributed by atoms with Crippen molar-refractivity contribution in [3.63, 3.8) is 0 Å². The molecule has 1 fully saturated rings. The third-order valence-corrected chi connectivity index (χ3v) is 4.12. The van der Waals surface area contributed by atoms with Gasteiger partial charge in [-0.25, -0.2) is 4.98 Å². The summed E-state index contributed by atoms with van der Waals surface area (Å²) in [5.41, 5.74) is 3.36. The molecule has 19 heavy (non-hydrogen) atoms. The van der Waals surface area contributed by atoms with Gasteiger partial charge in [0, 0.05) is 6.61 Å². The van der Waals surface area contributed by atoms with E-state index in [2.05, 4.69) is 36.6 Å². The normalized spacial score (nSPS) is 25.1. The Bertz CT molecular complexity index is 612. The Kier molecular flexibility index (Phi) is 3.06. The van der Waals surface area contributed by atoms with Crippen LogP contribution in [0.4, 0.5) is 0 Å². The van der Waals surface area contributed by atoms with Gasteiger partial charge in [0.25, 0.3) is 0 Å². The summed E-state index contributed by atoms with van der Waals surface area (Å²) in [6.07, 6.45) is 1.00. The lowest BCUT2D eigenvalue weighted by Crippen LogP contribution is -2.32. The summed E-state index contributed by atoms with van der Waals surface area (Å²) in [7, 11) is 0. The molecule has 1 aliphatic heterocycles. The minimum atomic E-state index is -0.106. The van der Waals surface area contributed by atoms with E-state index in [1.165, 1.54) is 5.56 Å². The zero-order valence-corrected chi connectivity index (χ0v) is 12.4. The number of aryl methyl sites for hydroxylation is 1. The smallest absolute Gasteiger partial charge is 0.128 e. The quantitative estimate of drug-likeness (QED) is 0.782. The first-order valence-electron chi connectivity index (χ1n) is 6.72. The van der Waals surface area contributed by atoms with E-state index in [1.54, 1.807) is 0 Å². The number of hydrogen-bond acceptors (Lipinski definition) is 2. The highest BCUT2D eigenvalue weighted by molar-refractivity contribution is 6.20. The standard InChI is InChI=1S/C15H19ClN2O/c1-10-4-5-13-12(8-10)17-14(11(2)16)18(13)15(3)6-7-19-9-15/h4-5,8,11H,6-7,9H2,1-3H3. The third-order valence-electron chi connectivity index (χ3n) is 3.93. The highest BCUT2D eigenvalue weighted by Crippen LogP contribution is 2.35. The van der Waals surface area contributed by atoms with Crippen molar-refractivity contribution in [2.75, 3.05) is 13.2 Å². The fourth-order valence-corrected chi connectivity index (χ4v) is 3.02. The van der Waals surface area contributed by atoms with Crippen molar-refractivity contribution in [2.45, 2.75) is 38.1 Å². The van der Waals surface area contributed by atoms with Gasteiger partial charge in [-0.1, -0.05) is 6.07 Å². The predicted molar refractivity (Wildman–Crippen MR) is 77.8 cm³/mol. The van der Waals surface area contributed by atoms with E-state index in [0.29, 0.717) is 0 Å². The minimum Gasteiger partial charge on any atom is -0.379 e. The van der Waals surface area contributed by atoms with Crippen LogP contribution in [0.25, 0.3) is 11.0 Å². The van der Waals surface area contributed by atoms with Gasteiger partial charge < -0.3 is 9.30 Å². The molecule has 2 unspecified atom stereocenters. The van der Waals surface area contributed by atoms with Crippen molar-refractivity contribution in [3.05, 3.63) is 29.6 Å². The fraction of sp³-hybridized carbons (Fsp3) is 0.533. The van der Waals surface area contributed by atoms with Gasteiger partial charge in [-0.2, -0.15) is 0 Å². The van der Waals surface area contributed by atoms with Gasteiger partial charge in [-0.15, -0.1) is 11.6 Å². The molecule has 3 rings (SSSR count). The second kappa shape index (κ2) is 4.50. The van der Waals surface area contributed by atoms with E-state index in [0.717, 1.165) is 36.5 Å². The average Bonchev–Trinajstić information content (AvgIpc) is 2.93. The van der Waals surface area contributed by atoms with E-state index in [4.69, 9.17) is 21.3 Å². The number of aromatic nitrogens is 2. The average molecular weight is 279 g/mol. The Morgan fingerprint density at radius 1 is 1.47 bits per heavy atom. The van der Waals surface area contributed by atoms with E-state index in [-0.39, 0.29) is 10.9 Å². The first kappa shape index (κ1) is 12.9. The molecule has 0 amide bonds. The first-order valence-corrected chi connectivity index (χ1v) is 7.16. The molecule has 1 aromatic heterocycles. The Labute approximate surface area is 118 Å². The van der Waals surface area contributed by atoms with Crippen molar-refractivity contribution >= 4 is 22.6 Å². The molecule has 0 saturated carbocycles. The number of halogens is 1. The van der Waals surface area contributed by atoms with Crippen LogP contribution in [0.15, 0.2) is 18.2 Å². The molecule has 2 heterocycles. The van der Waals surface area contributed by atoms with Crippen molar-refractivity contribution in [1.29, 1.82) is 0 Å². The van der Waals surface area contributed by atoms with E-state index >= 15 is 0 Å². The maximum absolute atomic E-state index is 6.34. The molecular weight excluding hydrogens is 260 g/mol. The highest BCUT2D eigenvalue weighted by Gasteiger charge is 2.35. The van der Waals surface area contributed by atoms with E-state index < -0.39 is 0 Å². The highest BCUT2D eigenvalue weighted by atomic mass is 35.5. The van der Waals surface area contributed by atoms with Gasteiger partial charge in [-0.05, 0) is 44.9 Å². The lowest BCUT2D eigenvalue weighted by atomic mass is 10.0. The van der Waals surface area contributed by atoms with Crippen molar-refractivity contribution < 1.29 is 4.74 Å². The summed E-state index contributed by atoms with van der Waals surface area (Å²) in [6.45, 7) is 7.82. The number of benzene rings is 1. The predicted octanol–water partition coefficient (Wildman–Crippen LogP) is 3.78. The molecule has 4 heteroatoms. The molecule has 102 valence electrons. The minimum absolute atomic E-state index is 0.0392. The third kappa shape index (κ3) is 2.05. The Morgan fingerprint density at radius 2 is 2.26 bits per heavy atom. The summed E-state index contributed by atoms with van der Waals surface area (Å²) in [4.78, 5) is 4.74. The molecule has 0 bridgehead atoms.